The second-order valence-corrected chi connectivity index (χ2v) is 5.12. The van der Waals surface area contributed by atoms with Crippen LogP contribution in [0.1, 0.15) is 6.92 Å². The van der Waals surface area contributed by atoms with Crippen LogP contribution in [0.25, 0.3) is 0 Å². The van der Waals surface area contributed by atoms with Gasteiger partial charge in [-0.05, 0) is 30.2 Å². The Bertz CT molecular complexity index is 556. The minimum absolute atomic E-state index is 0.236. The van der Waals surface area contributed by atoms with Crippen LogP contribution in [-0.2, 0) is 6.54 Å². The van der Waals surface area contributed by atoms with Crippen LogP contribution in [0, 0.1) is 5.92 Å². The van der Waals surface area contributed by atoms with Gasteiger partial charge in [0.25, 0.3) is 0 Å². The zero-order chi connectivity index (χ0) is 14.4. The molecule has 2 N–H and O–H groups in total. The first-order chi connectivity index (χ1) is 9.63. The van der Waals surface area contributed by atoms with Gasteiger partial charge in [0.1, 0.15) is 0 Å². The molecule has 6 heteroatoms. The SMILES string of the molecule is C[C@@H](CNC(=O)Nc1cccc(Cl)c1)Cn1cccn1. The maximum atomic E-state index is 11.7. The molecule has 0 fully saturated rings. The van der Waals surface area contributed by atoms with Crippen molar-refractivity contribution >= 4 is 23.3 Å². The molecule has 0 aliphatic carbocycles. The van der Waals surface area contributed by atoms with Gasteiger partial charge in [-0.15, -0.1) is 0 Å². The number of rotatable bonds is 5. The van der Waals surface area contributed by atoms with Crippen LogP contribution in [0.5, 0.6) is 0 Å². The molecule has 1 aromatic carbocycles. The average molecular weight is 293 g/mol. The predicted molar refractivity (Wildman–Crippen MR) is 79.9 cm³/mol. The van der Waals surface area contributed by atoms with Crippen molar-refractivity contribution in [2.24, 2.45) is 5.92 Å². The molecule has 2 amide bonds. The van der Waals surface area contributed by atoms with Crippen molar-refractivity contribution in [1.29, 1.82) is 0 Å². The van der Waals surface area contributed by atoms with Crippen LogP contribution in [0.4, 0.5) is 10.5 Å². The number of nitrogens with one attached hydrogen (secondary N) is 2. The van der Waals surface area contributed by atoms with Gasteiger partial charge in [0, 0.05) is 36.2 Å². The van der Waals surface area contributed by atoms with Crippen LogP contribution in [0.3, 0.4) is 0 Å². The summed E-state index contributed by atoms with van der Waals surface area (Å²) >= 11 is 5.85. The minimum Gasteiger partial charge on any atom is -0.338 e. The number of anilines is 1. The summed E-state index contributed by atoms with van der Waals surface area (Å²) in [4.78, 5) is 11.7. The lowest BCUT2D eigenvalue weighted by atomic mass is 10.2. The summed E-state index contributed by atoms with van der Waals surface area (Å²) in [6.07, 6.45) is 3.65. The van der Waals surface area contributed by atoms with Crippen molar-refractivity contribution < 1.29 is 4.79 Å². The van der Waals surface area contributed by atoms with Gasteiger partial charge in [-0.2, -0.15) is 5.10 Å². The van der Waals surface area contributed by atoms with Crippen molar-refractivity contribution in [1.82, 2.24) is 15.1 Å². The van der Waals surface area contributed by atoms with E-state index in [4.69, 9.17) is 11.6 Å². The lowest BCUT2D eigenvalue weighted by Gasteiger charge is -2.13. The highest BCUT2D eigenvalue weighted by Crippen LogP contribution is 2.14. The number of carbonyl (C=O) groups is 1. The van der Waals surface area contributed by atoms with Crippen LogP contribution in [0.2, 0.25) is 5.02 Å². The fraction of sp³-hybridized carbons (Fsp3) is 0.286. The molecule has 1 atom stereocenters. The van der Waals surface area contributed by atoms with Gasteiger partial charge in [0.15, 0.2) is 0 Å². The highest BCUT2D eigenvalue weighted by atomic mass is 35.5. The number of amides is 2. The van der Waals surface area contributed by atoms with Gasteiger partial charge < -0.3 is 10.6 Å². The lowest BCUT2D eigenvalue weighted by Crippen LogP contribution is -2.33. The van der Waals surface area contributed by atoms with E-state index in [1.807, 2.05) is 16.9 Å². The molecule has 1 aromatic heterocycles. The number of halogens is 1. The predicted octanol–water partition coefficient (Wildman–Crippen LogP) is 2.99. The van der Waals surface area contributed by atoms with Gasteiger partial charge in [-0.1, -0.05) is 24.6 Å². The van der Waals surface area contributed by atoms with Gasteiger partial charge in [-0.25, -0.2) is 4.79 Å². The fourth-order valence-electron chi connectivity index (χ4n) is 1.80. The van der Waals surface area contributed by atoms with Gasteiger partial charge >= 0.3 is 6.03 Å². The zero-order valence-corrected chi connectivity index (χ0v) is 12.0. The molecular weight excluding hydrogens is 276 g/mol. The summed E-state index contributed by atoms with van der Waals surface area (Å²) in [7, 11) is 0. The van der Waals surface area contributed by atoms with E-state index in [0.717, 1.165) is 6.54 Å². The molecule has 0 spiro atoms. The smallest absolute Gasteiger partial charge is 0.319 e. The molecule has 1 heterocycles. The highest BCUT2D eigenvalue weighted by molar-refractivity contribution is 6.30. The van der Waals surface area contributed by atoms with E-state index in [9.17, 15) is 4.79 Å². The number of hydrogen-bond donors (Lipinski definition) is 2. The third-order valence-electron chi connectivity index (χ3n) is 2.75. The summed E-state index contributed by atoms with van der Waals surface area (Å²) < 4.78 is 1.85. The number of nitrogens with zero attached hydrogens (tertiary/aromatic N) is 2. The number of urea groups is 1. The standard InChI is InChI=1S/C14H17ClN4O/c1-11(10-19-7-3-6-17-19)9-16-14(20)18-13-5-2-4-12(15)8-13/h2-8,11H,9-10H2,1H3,(H2,16,18,20)/t11-/m0/s1. The second-order valence-electron chi connectivity index (χ2n) is 4.68. The molecule has 0 unspecified atom stereocenters. The molecule has 0 saturated carbocycles. The van der Waals surface area contributed by atoms with Crippen LogP contribution in [0.15, 0.2) is 42.7 Å². The Morgan fingerprint density at radius 1 is 1.45 bits per heavy atom. The molecule has 2 rings (SSSR count). The molecule has 0 aliphatic rings. The number of carbonyl (C=O) groups excluding carboxylic acids is 1. The van der Waals surface area contributed by atoms with E-state index in [2.05, 4.69) is 22.7 Å². The van der Waals surface area contributed by atoms with E-state index in [-0.39, 0.29) is 6.03 Å². The zero-order valence-electron chi connectivity index (χ0n) is 11.2. The van der Waals surface area contributed by atoms with Gasteiger partial charge in [0.2, 0.25) is 0 Å². The Hall–Kier alpha value is -2.01. The summed E-state index contributed by atoms with van der Waals surface area (Å²) in [6, 6.07) is 8.69. The van der Waals surface area contributed by atoms with E-state index in [0.29, 0.717) is 23.2 Å². The normalized spacial score (nSPS) is 11.9. The molecule has 106 valence electrons. The van der Waals surface area contributed by atoms with Crippen LogP contribution < -0.4 is 10.6 Å². The van der Waals surface area contributed by atoms with E-state index < -0.39 is 0 Å². The van der Waals surface area contributed by atoms with E-state index in [1.54, 1.807) is 30.5 Å². The largest absolute Gasteiger partial charge is 0.338 e. The molecule has 0 radical (unpaired) electrons. The molecule has 0 saturated heterocycles. The van der Waals surface area contributed by atoms with Gasteiger partial charge in [-0.3, -0.25) is 4.68 Å². The number of hydrogen-bond acceptors (Lipinski definition) is 2. The third-order valence-corrected chi connectivity index (χ3v) is 2.99. The Morgan fingerprint density at radius 3 is 3.00 bits per heavy atom. The summed E-state index contributed by atoms with van der Waals surface area (Å²) in [5.41, 5.74) is 0.676. The van der Waals surface area contributed by atoms with E-state index in [1.165, 1.54) is 0 Å². The third kappa shape index (κ3) is 4.59. The topological polar surface area (TPSA) is 59.0 Å². The highest BCUT2D eigenvalue weighted by Gasteiger charge is 2.07. The summed E-state index contributed by atoms with van der Waals surface area (Å²) in [5, 5.41) is 10.3. The van der Waals surface area contributed by atoms with E-state index >= 15 is 0 Å². The number of aromatic nitrogens is 2. The van der Waals surface area contributed by atoms with Crippen LogP contribution >= 0.6 is 11.6 Å². The molecular formula is C14H17ClN4O. The maximum absolute atomic E-state index is 11.7. The molecule has 0 bridgehead atoms. The number of benzene rings is 1. The first-order valence-electron chi connectivity index (χ1n) is 6.41. The molecule has 5 nitrogen and oxygen atoms in total. The first kappa shape index (κ1) is 14.4. The van der Waals surface area contributed by atoms with Crippen molar-refractivity contribution in [3.8, 4) is 0 Å². The summed E-state index contributed by atoms with van der Waals surface area (Å²) in [6.45, 7) is 3.40. The Kier molecular flexibility index (Phi) is 5.01. The van der Waals surface area contributed by atoms with Crippen molar-refractivity contribution in [3.63, 3.8) is 0 Å². The second kappa shape index (κ2) is 6.96. The monoisotopic (exact) mass is 292 g/mol. The fourth-order valence-corrected chi connectivity index (χ4v) is 1.99. The quantitative estimate of drug-likeness (QED) is 0.890. The Balaban J connectivity index is 1.74. The molecule has 2 aromatic rings. The Labute approximate surface area is 122 Å². The van der Waals surface area contributed by atoms with Crippen molar-refractivity contribution in [3.05, 3.63) is 47.7 Å². The minimum atomic E-state index is -0.236. The van der Waals surface area contributed by atoms with Crippen molar-refractivity contribution in [2.75, 3.05) is 11.9 Å². The first-order valence-corrected chi connectivity index (χ1v) is 6.79. The maximum Gasteiger partial charge on any atom is 0.319 e. The average Bonchev–Trinajstić information content (AvgIpc) is 2.89. The summed E-state index contributed by atoms with van der Waals surface area (Å²) in [5.74, 6) is 0.292. The van der Waals surface area contributed by atoms with Crippen LogP contribution in [-0.4, -0.2) is 22.4 Å². The molecule has 20 heavy (non-hydrogen) atoms. The van der Waals surface area contributed by atoms with Gasteiger partial charge in [0.05, 0.1) is 0 Å². The Morgan fingerprint density at radius 2 is 2.30 bits per heavy atom. The van der Waals surface area contributed by atoms with Crippen molar-refractivity contribution in [2.45, 2.75) is 13.5 Å². The lowest BCUT2D eigenvalue weighted by molar-refractivity contribution is 0.249. The molecule has 0 aliphatic heterocycles.